The molecule has 2 atom stereocenters. The molecule has 0 aliphatic heterocycles. The number of nitrogens with zero attached hydrogens (tertiary/aromatic N) is 5. The number of aryl methyl sites for hydroxylation is 1. The number of rotatable bonds is 4. The molecule has 3 heterocycles. The van der Waals surface area contributed by atoms with Gasteiger partial charge in [0.2, 0.25) is 11.9 Å². The summed E-state index contributed by atoms with van der Waals surface area (Å²) >= 11 is 0. The molecule has 14 heteroatoms. The number of carbonyl (C=O) groups is 1. The molecule has 0 aromatic carbocycles. The molecule has 1 amide bonds. The molecule has 4 rings (SSSR count). The van der Waals surface area contributed by atoms with Crippen LogP contribution in [0.3, 0.4) is 0 Å². The molecule has 172 valence electrons. The van der Waals surface area contributed by atoms with E-state index in [2.05, 4.69) is 25.8 Å². The van der Waals surface area contributed by atoms with Crippen LogP contribution in [0, 0.1) is 0 Å². The number of anilines is 2. The minimum Gasteiger partial charge on any atom is -0.349 e. The first-order valence-electron chi connectivity index (χ1n) is 9.60. The number of halogens is 5. The van der Waals surface area contributed by atoms with Crippen LogP contribution < -0.4 is 16.4 Å². The SMILES string of the molecule is Cn1cc(NC(=O)c2ccc3cnc(N[C@@H]4CCC(F)(F)C[C@@H]4N)nn23)c(C(F)(F)F)n1. The van der Waals surface area contributed by atoms with Gasteiger partial charge < -0.3 is 16.4 Å². The summed E-state index contributed by atoms with van der Waals surface area (Å²) in [5.41, 5.74) is 4.47. The highest BCUT2D eigenvalue weighted by Crippen LogP contribution is 2.34. The van der Waals surface area contributed by atoms with Gasteiger partial charge in [0.25, 0.3) is 5.91 Å². The Hall–Kier alpha value is -3.29. The van der Waals surface area contributed by atoms with Gasteiger partial charge in [-0.2, -0.15) is 18.3 Å². The highest BCUT2D eigenvalue weighted by molar-refractivity contribution is 6.04. The molecule has 0 spiro atoms. The van der Waals surface area contributed by atoms with Crippen LogP contribution in [0.1, 0.15) is 35.4 Å². The van der Waals surface area contributed by atoms with Gasteiger partial charge in [0, 0.05) is 38.2 Å². The van der Waals surface area contributed by atoms with Gasteiger partial charge in [-0.05, 0) is 18.6 Å². The maximum absolute atomic E-state index is 13.5. The molecular formula is C18H19F5N8O. The van der Waals surface area contributed by atoms with Crippen molar-refractivity contribution in [2.75, 3.05) is 10.6 Å². The number of hydrogen-bond donors (Lipinski definition) is 3. The van der Waals surface area contributed by atoms with Gasteiger partial charge in [0.05, 0.1) is 17.4 Å². The largest absolute Gasteiger partial charge is 0.437 e. The Kier molecular flexibility index (Phi) is 5.27. The molecule has 1 fully saturated rings. The molecule has 1 aliphatic rings. The Morgan fingerprint density at radius 2 is 2.03 bits per heavy atom. The van der Waals surface area contributed by atoms with Crippen LogP contribution in [-0.4, -0.2) is 48.3 Å². The predicted molar refractivity (Wildman–Crippen MR) is 103 cm³/mol. The average molecular weight is 458 g/mol. The molecule has 3 aromatic heterocycles. The van der Waals surface area contributed by atoms with Crippen molar-refractivity contribution in [2.45, 2.75) is 43.4 Å². The molecule has 4 N–H and O–H groups in total. The third-order valence-electron chi connectivity index (χ3n) is 5.16. The molecule has 0 radical (unpaired) electrons. The van der Waals surface area contributed by atoms with Gasteiger partial charge in [-0.1, -0.05) is 0 Å². The Morgan fingerprint density at radius 3 is 2.72 bits per heavy atom. The van der Waals surface area contributed by atoms with Crippen molar-refractivity contribution in [3.8, 4) is 0 Å². The third kappa shape index (κ3) is 4.35. The van der Waals surface area contributed by atoms with E-state index in [4.69, 9.17) is 5.73 Å². The molecule has 1 saturated carbocycles. The summed E-state index contributed by atoms with van der Waals surface area (Å²) in [6, 6.07) is 1.57. The fourth-order valence-corrected chi connectivity index (χ4v) is 3.63. The van der Waals surface area contributed by atoms with E-state index in [1.165, 1.54) is 29.9 Å². The van der Waals surface area contributed by atoms with Crippen LogP contribution in [-0.2, 0) is 13.2 Å². The number of nitrogens with two attached hydrogens (primary N) is 1. The lowest BCUT2D eigenvalue weighted by Gasteiger charge is -2.34. The summed E-state index contributed by atoms with van der Waals surface area (Å²) in [6.45, 7) is 0. The summed E-state index contributed by atoms with van der Waals surface area (Å²) in [7, 11) is 1.30. The molecular weight excluding hydrogens is 439 g/mol. The summed E-state index contributed by atoms with van der Waals surface area (Å²) < 4.78 is 68.6. The first-order chi connectivity index (χ1) is 14.9. The zero-order chi connectivity index (χ0) is 23.3. The second-order valence-corrected chi connectivity index (χ2v) is 7.67. The first-order valence-corrected chi connectivity index (χ1v) is 9.60. The second-order valence-electron chi connectivity index (χ2n) is 7.67. The Balaban J connectivity index is 1.56. The zero-order valence-electron chi connectivity index (χ0n) is 16.7. The lowest BCUT2D eigenvalue weighted by Crippen LogP contribution is -2.49. The van der Waals surface area contributed by atoms with Crippen molar-refractivity contribution in [3.63, 3.8) is 0 Å². The monoisotopic (exact) mass is 458 g/mol. The van der Waals surface area contributed by atoms with Crippen LogP contribution in [0.15, 0.2) is 24.5 Å². The third-order valence-corrected chi connectivity index (χ3v) is 5.16. The smallest absolute Gasteiger partial charge is 0.349 e. The van der Waals surface area contributed by atoms with Crippen LogP contribution in [0.4, 0.5) is 33.6 Å². The van der Waals surface area contributed by atoms with Gasteiger partial charge in [-0.3, -0.25) is 9.48 Å². The number of fused-ring (bicyclic) bond motifs is 1. The van der Waals surface area contributed by atoms with E-state index in [0.29, 0.717) is 5.52 Å². The standard InChI is InChI=1S/C18H19F5N8O/c1-30-8-12(14(28-30)18(21,22)23)26-15(32)13-3-2-9-7-25-16(29-31(9)13)27-11-4-5-17(19,20)6-10(11)24/h2-3,7-8,10-11H,4-6,24H2,1H3,(H,26,32)(H,27,29)/t10-,11+/m0/s1. The van der Waals surface area contributed by atoms with E-state index in [0.717, 1.165) is 10.9 Å². The van der Waals surface area contributed by atoms with E-state index >= 15 is 0 Å². The van der Waals surface area contributed by atoms with Gasteiger partial charge >= 0.3 is 6.18 Å². The Labute approximate surface area is 177 Å². The Bertz CT molecular complexity index is 1150. The topological polar surface area (TPSA) is 115 Å². The first kappa shape index (κ1) is 21.9. The minimum atomic E-state index is -4.75. The maximum atomic E-state index is 13.5. The summed E-state index contributed by atoms with van der Waals surface area (Å²) in [6.07, 6.45) is -3.02. The minimum absolute atomic E-state index is 0.0470. The van der Waals surface area contributed by atoms with Gasteiger partial charge in [-0.15, -0.1) is 5.10 Å². The second kappa shape index (κ2) is 7.69. The average Bonchev–Trinajstić information content (AvgIpc) is 3.26. The Morgan fingerprint density at radius 1 is 1.28 bits per heavy atom. The van der Waals surface area contributed by atoms with Crippen molar-refractivity contribution >= 4 is 23.1 Å². The number of amides is 1. The molecule has 1 aliphatic carbocycles. The highest BCUT2D eigenvalue weighted by Gasteiger charge is 2.40. The lowest BCUT2D eigenvalue weighted by molar-refractivity contribution is -0.140. The normalized spacial score (nSPS) is 21.0. The fraction of sp³-hybridized carbons (Fsp3) is 0.444. The molecule has 3 aromatic rings. The fourth-order valence-electron chi connectivity index (χ4n) is 3.63. The summed E-state index contributed by atoms with van der Waals surface area (Å²) in [4.78, 5) is 16.8. The van der Waals surface area contributed by atoms with Crippen molar-refractivity contribution in [2.24, 2.45) is 12.8 Å². The number of nitrogens with one attached hydrogen (secondary N) is 2. The van der Waals surface area contributed by atoms with Crippen LogP contribution in [0.2, 0.25) is 0 Å². The van der Waals surface area contributed by atoms with Crippen LogP contribution in [0.5, 0.6) is 0 Å². The summed E-state index contributed by atoms with van der Waals surface area (Å²) in [5, 5.41) is 12.6. The number of alkyl halides is 5. The van der Waals surface area contributed by atoms with E-state index in [9.17, 15) is 26.7 Å². The summed E-state index contributed by atoms with van der Waals surface area (Å²) in [5.74, 6) is -3.62. The zero-order valence-corrected chi connectivity index (χ0v) is 16.7. The highest BCUT2D eigenvalue weighted by atomic mass is 19.4. The van der Waals surface area contributed by atoms with E-state index in [-0.39, 0.29) is 24.5 Å². The van der Waals surface area contributed by atoms with Crippen molar-refractivity contribution in [3.05, 3.63) is 35.9 Å². The van der Waals surface area contributed by atoms with E-state index in [1.54, 1.807) is 0 Å². The number of aromatic nitrogens is 5. The lowest BCUT2D eigenvalue weighted by atomic mass is 9.88. The van der Waals surface area contributed by atoms with E-state index in [1.807, 2.05) is 0 Å². The van der Waals surface area contributed by atoms with Crippen LogP contribution >= 0.6 is 0 Å². The van der Waals surface area contributed by atoms with Crippen LogP contribution in [0.25, 0.3) is 5.52 Å². The molecule has 0 bridgehead atoms. The van der Waals surface area contributed by atoms with Crippen molar-refractivity contribution in [1.29, 1.82) is 0 Å². The van der Waals surface area contributed by atoms with Gasteiger partial charge in [-0.25, -0.2) is 18.3 Å². The van der Waals surface area contributed by atoms with Crippen molar-refractivity contribution in [1.82, 2.24) is 24.4 Å². The van der Waals surface area contributed by atoms with Gasteiger partial charge in [0.15, 0.2) is 5.69 Å². The molecule has 32 heavy (non-hydrogen) atoms. The maximum Gasteiger partial charge on any atom is 0.437 e. The van der Waals surface area contributed by atoms with Gasteiger partial charge in [0.1, 0.15) is 5.69 Å². The molecule has 0 unspecified atom stereocenters. The van der Waals surface area contributed by atoms with Crippen molar-refractivity contribution < 1.29 is 26.7 Å². The quantitative estimate of drug-likeness (QED) is 0.518. The number of carbonyl (C=O) groups excluding carboxylic acids is 1. The predicted octanol–water partition coefficient (Wildman–Crippen LogP) is 2.66. The number of hydrogen-bond acceptors (Lipinski definition) is 6. The molecule has 9 nitrogen and oxygen atoms in total. The molecule has 0 saturated heterocycles. The van der Waals surface area contributed by atoms with E-state index < -0.39 is 47.9 Å².